The topological polar surface area (TPSA) is 75.7 Å². The molecule has 0 saturated carbocycles. The van der Waals surface area contributed by atoms with Crippen molar-refractivity contribution in [3.8, 4) is 5.75 Å². The molecule has 0 spiro atoms. The fraction of sp³-hybridized carbons (Fsp3) is 0.588. The van der Waals surface area contributed by atoms with E-state index in [0.717, 1.165) is 19.1 Å². The van der Waals surface area contributed by atoms with Crippen LogP contribution in [0.2, 0.25) is 5.02 Å². The van der Waals surface area contributed by atoms with Crippen LogP contribution >= 0.6 is 11.6 Å². The molecule has 0 unspecified atom stereocenters. The highest BCUT2D eigenvalue weighted by Crippen LogP contribution is 2.30. The van der Waals surface area contributed by atoms with Gasteiger partial charge in [0.25, 0.3) is 0 Å². The number of hydrogen-bond acceptors (Lipinski definition) is 4. The Kier molecular flexibility index (Phi) is 8.52. The molecule has 1 rings (SSSR count). The predicted octanol–water partition coefficient (Wildman–Crippen LogP) is 3.20. The van der Waals surface area contributed by atoms with E-state index in [9.17, 15) is 13.2 Å². The van der Waals surface area contributed by atoms with Crippen LogP contribution in [0.25, 0.3) is 0 Å². The van der Waals surface area contributed by atoms with Crippen molar-refractivity contribution >= 4 is 33.2 Å². The van der Waals surface area contributed by atoms with Crippen LogP contribution in [0.5, 0.6) is 5.75 Å². The minimum Gasteiger partial charge on any atom is -0.495 e. The van der Waals surface area contributed by atoms with Crippen molar-refractivity contribution in [3.05, 3.63) is 23.2 Å². The summed E-state index contributed by atoms with van der Waals surface area (Å²) in [4.78, 5) is 11.9. The Morgan fingerprint density at radius 3 is 2.60 bits per heavy atom. The first-order chi connectivity index (χ1) is 11.7. The van der Waals surface area contributed by atoms with Crippen molar-refractivity contribution in [1.82, 2.24) is 5.32 Å². The number of ether oxygens (including phenoxy) is 1. The first-order valence-corrected chi connectivity index (χ1v) is 10.5. The lowest BCUT2D eigenvalue weighted by Gasteiger charge is -2.23. The minimum absolute atomic E-state index is 0.0674. The lowest BCUT2D eigenvalue weighted by Crippen LogP contribution is -2.34. The Labute approximate surface area is 155 Å². The van der Waals surface area contributed by atoms with E-state index in [-0.39, 0.29) is 24.9 Å². The molecule has 0 heterocycles. The lowest BCUT2D eigenvalue weighted by molar-refractivity contribution is -0.121. The van der Waals surface area contributed by atoms with Crippen LogP contribution in [0.15, 0.2) is 18.2 Å². The second-order valence-corrected chi connectivity index (χ2v) is 8.33. The molecule has 0 fully saturated rings. The summed E-state index contributed by atoms with van der Waals surface area (Å²) in [6, 6.07) is 4.93. The molecule has 8 heteroatoms. The van der Waals surface area contributed by atoms with Gasteiger partial charge in [-0.15, -0.1) is 0 Å². The Hall–Kier alpha value is -1.47. The first kappa shape index (κ1) is 21.6. The summed E-state index contributed by atoms with van der Waals surface area (Å²) in [5.74, 6) is 0.408. The van der Waals surface area contributed by atoms with E-state index in [1.807, 2.05) is 6.92 Å². The second kappa shape index (κ2) is 9.87. The van der Waals surface area contributed by atoms with Gasteiger partial charge in [-0.05, 0) is 38.0 Å². The fourth-order valence-electron chi connectivity index (χ4n) is 2.53. The molecular weight excluding hydrogens is 364 g/mol. The van der Waals surface area contributed by atoms with E-state index < -0.39 is 10.0 Å². The van der Waals surface area contributed by atoms with Gasteiger partial charge in [-0.2, -0.15) is 0 Å². The van der Waals surface area contributed by atoms with Crippen LogP contribution in [0.3, 0.4) is 0 Å². The van der Waals surface area contributed by atoms with Gasteiger partial charge in [0.1, 0.15) is 5.75 Å². The van der Waals surface area contributed by atoms with Gasteiger partial charge in [0, 0.05) is 19.0 Å². The van der Waals surface area contributed by atoms with Gasteiger partial charge in [0.2, 0.25) is 15.9 Å². The van der Waals surface area contributed by atoms with Crippen molar-refractivity contribution in [2.24, 2.45) is 0 Å². The highest BCUT2D eigenvalue weighted by atomic mass is 35.5. The molecule has 142 valence electrons. The van der Waals surface area contributed by atoms with E-state index in [0.29, 0.717) is 22.9 Å². The van der Waals surface area contributed by atoms with Crippen molar-refractivity contribution in [2.75, 3.05) is 24.2 Å². The number of sulfonamides is 1. The number of hydrogen-bond donors (Lipinski definition) is 1. The normalized spacial score (nSPS) is 12.5. The molecule has 25 heavy (non-hydrogen) atoms. The smallest absolute Gasteiger partial charge is 0.232 e. The number of halogens is 1. The van der Waals surface area contributed by atoms with Crippen molar-refractivity contribution in [2.45, 2.75) is 45.6 Å². The molecular formula is C17H27ClN2O4S. The molecule has 1 aromatic carbocycles. The molecule has 0 aromatic heterocycles. The number of nitrogens with zero attached hydrogens (tertiary/aromatic N) is 1. The average molecular weight is 391 g/mol. The van der Waals surface area contributed by atoms with Crippen LogP contribution in [-0.4, -0.2) is 40.3 Å². The van der Waals surface area contributed by atoms with E-state index in [1.54, 1.807) is 18.2 Å². The number of anilines is 1. The highest BCUT2D eigenvalue weighted by Gasteiger charge is 2.19. The van der Waals surface area contributed by atoms with Crippen LogP contribution in [-0.2, 0) is 14.8 Å². The van der Waals surface area contributed by atoms with Gasteiger partial charge in [-0.3, -0.25) is 9.10 Å². The molecule has 0 saturated heterocycles. The van der Waals surface area contributed by atoms with Crippen LogP contribution in [0.1, 0.15) is 39.5 Å². The van der Waals surface area contributed by atoms with Gasteiger partial charge in [-0.25, -0.2) is 8.42 Å². The van der Waals surface area contributed by atoms with E-state index >= 15 is 0 Å². The molecule has 1 N–H and O–H groups in total. The summed E-state index contributed by atoms with van der Waals surface area (Å²) in [6.45, 7) is 4.23. The van der Waals surface area contributed by atoms with Crippen molar-refractivity contribution in [1.29, 1.82) is 0 Å². The largest absolute Gasteiger partial charge is 0.495 e. The molecule has 0 aliphatic rings. The van der Waals surface area contributed by atoms with Crippen molar-refractivity contribution in [3.63, 3.8) is 0 Å². The van der Waals surface area contributed by atoms with Gasteiger partial charge in [0.05, 0.1) is 24.1 Å². The van der Waals surface area contributed by atoms with Crippen molar-refractivity contribution < 1.29 is 17.9 Å². The Morgan fingerprint density at radius 1 is 1.40 bits per heavy atom. The third-order valence-corrected chi connectivity index (χ3v) is 5.21. The maximum absolute atomic E-state index is 12.1. The molecule has 1 aromatic rings. The number of methoxy groups -OCH3 is 1. The number of benzene rings is 1. The first-order valence-electron chi connectivity index (χ1n) is 8.29. The van der Waals surface area contributed by atoms with Gasteiger partial charge in [-0.1, -0.05) is 24.9 Å². The number of carbonyl (C=O) groups is 1. The third-order valence-electron chi connectivity index (χ3n) is 3.72. The molecule has 0 bridgehead atoms. The van der Waals surface area contributed by atoms with Gasteiger partial charge < -0.3 is 10.1 Å². The Morgan fingerprint density at radius 2 is 2.08 bits per heavy atom. The van der Waals surface area contributed by atoms with E-state index in [4.69, 9.17) is 16.3 Å². The Balaban J connectivity index is 2.73. The number of rotatable bonds is 10. The second-order valence-electron chi connectivity index (χ2n) is 6.01. The monoisotopic (exact) mass is 390 g/mol. The highest BCUT2D eigenvalue weighted by molar-refractivity contribution is 7.92. The minimum atomic E-state index is -3.48. The standard InChI is InChI=1S/C17H27ClN2O4S/c1-5-7-13(2)19-17(21)8-6-11-20(25(4,22)23)14-9-10-16(24-3)15(18)12-14/h9-10,12-13H,5-8,11H2,1-4H3,(H,19,21)/t13-/m1/s1. The van der Waals surface area contributed by atoms with E-state index in [2.05, 4.69) is 12.2 Å². The van der Waals surface area contributed by atoms with Gasteiger partial charge in [0.15, 0.2) is 0 Å². The fourth-order valence-corrected chi connectivity index (χ4v) is 3.74. The number of carbonyl (C=O) groups excluding carboxylic acids is 1. The Bertz CT molecular complexity index is 679. The summed E-state index contributed by atoms with van der Waals surface area (Å²) >= 11 is 6.08. The summed E-state index contributed by atoms with van der Waals surface area (Å²) in [5.41, 5.74) is 0.452. The third kappa shape index (κ3) is 7.12. The molecule has 1 amide bonds. The number of amides is 1. The van der Waals surface area contributed by atoms with Crippen LogP contribution < -0.4 is 14.4 Å². The number of nitrogens with one attached hydrogen (secondary N) is 1. The zero-order chi connectivity index (χ0) is 19.0. The summed E-state index contributed by atoms with van der Waals surface area (Å²) in [7, 11) is -1.99. The van der Waals surface area contributed by atoms with Crippen LogP contribution in [0, 0.1) is 0 Å². The maximum Gasteiger partial charge on any atom is 0.232 e. The molecule has 6 nitrogen and oxygen atoms in total. The summed E-state index contributed by atoms with van der Waals surface area (Å²) in [6.07, 6.45) is 3.74. The maximum atomic E-state index is 12.1. The molecule has 0 aliphatic carbocycles. The zero-order valence-electron chi connectivity index (χ0n) is 15.2. The predicted molar refractivity (Wildman–Crippen MR) is 102 cm³/mol. The summed E-state index contributed by atoms with van der Waals surface area (Å²) in [5, 5.41) is 3.25. The summed E-state index contributed by atoms with van der Waals surface area (Å²) < 4.78 is 30.5. The average Bonchev–Trinajstić information content (AvgIpc) is 2.50. The lowest BCUT2D eigenvalue weighted by atomic mass is 10.2. The van der Waals surface area contributed by atoms with Crippen LogP contribution in [0.4, 0.5) is 5.69 Å². The quantitative estimate of drug-likeness (QED) is 0.665. The van der Waals surface area contributed by atoms with Gasteiger partial charge >= 0.3 is 0 Å². The zero-order valence-corrected chi connectivity index (χ0v) is 16.8. The molecule has 0 aliphatic heterocycles. The SMILES string of the molecule is CCC[C@@H](C)NC(=O)CCCN(c1ccc(OC)c(Cl)c1)S(C)(=O)=O. The van der Waals surface area contributed by atoms with E-state index in [1.165, 1.54) is 11.4 Å². The molecule has 0 radical (unpaired) electrons. The molecule has 1 atom stereocenters.